The number of aliphatic hydroxyl groups is 5. The molecule has 0 aromatic heterocycles. The fourth-order valence-electron chi connectivity index (χ4n) is 15.9. The minimum Gasteiger partial charge on any atom is -0.492 e. The number of amides is 7. The number of fused-ring (bicyclic) bond motifs is 2. The normalized spacial score (nSPS) is 28.8. The van der Waals surface area contributed by atoms with Gasteiger partial charge in [0, 0.05) is 68.4 Å². The average molecular weight is 2000 g/mol. The molecule has 5 saturated heterocycles. The van der Waals surface area contributed by atoms with Crippen molar-refractivity contribution in [2.75, 3.05) is 92.5 Å². The van der Waals surface area contributed by atoms with Gasteiger partial charge in [0.15, 0.2) is 41.8 Å². The third kappa shape index (κ3) is 28.5. The largest absolute Gasteiger partial charge is 0.492 e. The van der Waals surface area contributed by atoms with E-state index in [2.05, 4.69) is 66.4 Å². The van der Waals surface area contributed by atoms with Gasteiger partial charge in [0.25, 0.3) is 0 Å². The lowest BCUT2D eigenvalue weighted by molar-refractivity contribution is -0.337. The number of esters is 1. The van der Waals surface area contributed by atoms with E-state index in [-0.39, 0.29) is 104 Å². The van der Waals surface area contributed by atoms with E-state index < -0.39 is 198 Å². The number of nitrogens with two attached hydrogens (primary N) is 2. The monoisotopic (exact) mass is 1990 g/mol. The molecule has 720 valence electrons. The van der Waals surface area contributed by atoms with E-state index in [9.17, 15) is 68.7 Å². The van der Waals surface area contributed by atoms with Gasteiger partial charge < -0.3 is 130 Å². The fraction of sp³-hybridized carbons (Fsp3) is 0.644. The van der Waals surface area contributed by atoms with Crippen LogP contribution in [0.3, 0.4) is 0 Å². The van der Waals surface area contributed by atoms with Gasteiger partial charge in [0.05, 0.1) is 104 Å². The van der Waals surface area contributed by atoms with E-state index in [0.29, 0.717) is 51.6 Å². The van der Waals surface area contributed by atoms with Crippen LogP contribution in [0.5, 0.6) is 17.2 Å². The number of aliphatic hydroxyl groups excluding tert-OH is 4. The van der Waals surface area contributed by atoms with Crippen LogP contribution in [0.2, 0.25) is 0 Å². The Kier molecular flexibility index (Phi) is 41.8. The summed E-state index contributed by atoms with van der Waals surface area (Å²) in [7, 11) is 9.82. The highest BCUT2D eigenvalue weighted by Gasteiger charge is 2.53. The predicted octanol–water partition coefficient (Wildman–Crippen LogP) is 2.77. The van der Waals surface area contributed by atoms with Crippen molar-refractivity contribution in [3.63, 3.8) is 0 Å². The number of ether oxygens (including phenoxy) is 13. The van der Waals surface area contributed by atoms with Gasteiger partial charge in [-0.25, -0.2) is 9.59 Å². The molecule has 0 spiro atoms. The number of hydroxylamine groups is 1. The lowest BCUT2D eigenvalue weighted by atomic mass is 9.75. The molecular weight excluding hydrogens is 1870 g/mol. The van der Waals surface area contributed by atoms with Crippen molar-refractivity contribution in [1.29, 1.82) is 0 Å². The van der Waals surface area contributed by atoms with Gasteiger partial charge in [0.1, 0.15) is 61.4 Å². The molecule has 2 aromatic rings. The van der Waals surface area contributed by atoms with Crippen LogP contribution in [0.25, 0.3) is 0 Å². The number of methoxy groups -OCH3 is 5. The van der Waals surface area contributed by atoms with Gasteiger partial charge in [-0.3, -0.25) is 48.6 Å². The van der Waals surface area contributed by atoms with Gasteiger partial charge in [-0.15, -0.1) is 0 Å². The van der Waals surface area contributed by atoms with Crippen LogP contribution >= 0.6 is 55.9 Å². The highest BCUT2D eigenvalue weighted by Crippen LogP contribution is 2.50. The molecule has 0 unspecified atom stereocenters. The number of nitrogens with one attached hydrogen (secondary N) is 8. The summed E-state index contributed by atoms with van der Waals surface area (Å²) in [6.07, 6.45) is -12.6. The number of anilines is 1. The Labute approximate surface area is 782 Å². The number of Topliss-reactive ketones (excluding diaryl/α,β-unsaturated/α-hetero) is 1. The molecule has 39 nitrogen and oxygen atoms in total. The molecule has 130 heavy (non-hydrogen) atoms. The van der Waals surface area contributed by atoms with Crippen LogP contribution in [-0.4, -0.2) is 309 Å². The van der Waals surface area contributed by atoms with Gasteiger partial charge >= 0.3 is 18.1 Å². The summed E-state index contributed by atoms with van der Waals surface area (Å²) in [5.74, 6) is 7.82. The SMILES string of the molecule is CCN(CC(=O)OCc1ccc(NC(=O)[C@H](CCCNC(N)=O)NC(=O)[C@@H](NC(=O)[C@H](CCCCN)NC(C)=O)C(C)C)cc1)[C@H]1CO[C@@H](O[C@H]2[C@H](O[C@H]3C#C/C=C\C#C[C@]4(O)CC(=O)C(NC(=O)OC)=C3/C4=C\CSSC3CCNCC3)O[C@H](C)[C@@H](NO[C@H]3C[C@H](O)[C@H](SC(=O)c4c(C)c(I)c(O[C@@H]5O[C@@H](C)[C@H](O)[C@@H](OC)[C@H]5O)c(OC)c4OC)[C@@H](C)O3)[C@@H]2O)C[C@@H]1OC. The van der Waals surface area contributed by atoms with Crippen LogP contribution in [0.1, 0.15) is 134 Å². The summed E-state index contributed by atoms with van der Waals surface area (Å²) >= 11 is 2.77. The van der Waals surface area contributed by atoms with Crippen molar-refractivity contribution in [2.24, 2.45) is 17.4 Å². The molecular formula is C87H124IN11O28S3. The van der Waals surface area contributed by atoms with Crippen LogP contribution in [0, 0.1) is 40.1 Å². The first kappa shape index (κ1) is 106. The summed E-state index contributed by atoms with van der Waals surface area (Å²) in [5.41, 5.74) is 12.7. The summed E-state index contributed by atoms with van der Waals surface area (Å²) in [6, 6.07) is 0.562. The van der Waals surface area contributed by atoms with E-state index in [1.807, 2.05) is 29.5 Å². The molecule has 7 aliphatic rings. The lowest BCUT2D eigenvalue weighted by Crippen LogP contribution is -2.65. The molecule has 2 aromatic carbocycles. The van der Waals surface area contributed by atoms with E-state index in [1.54, 1.807) is 87.6 Å². The Morgan fingerprint density at radius 2 is 1.49 bits per heavy atom. The van der Waals surface area contributed by atoms with Crippen LogP contribution in [-0.2, 0) is 87.6 Å². The number of piperidine rings is 1. The summed E-state index contributed by atoms with van der Waals surface area (Å²) in [6.45, 7) is 15.0. The van der Waals surface area contributed by atoms with Gasteiger partial charge in [-0.05, 0) is 163 Å². The molecule has 5 fully saturated rings. The van der Waals surface area contributed by atoms with E-state index in [4.69, 9.17) is 77.9 Å². The number of urea groups is 1. The van der Waals surface area contributed by atoms with E-state index in [1.165, 1.54) is 58.3 Å². The molecule has 2 aliphatic carbocycles. The van der Waals surface area contributed by atoms with Crippen molar-refractivity contribution in [3.05, 3.63) is 79.6 Å². The second-order valence-electron chi connectivity index (χ2n) is 32.5. The van der Waals surface area contributed by atoms with Crippen molar-refractivity contribution in [3.8, 4) is 40.9 Å². The van der Waals surface area contributed by atoms with Crippen molar-refractivity contribution in [2.45, 2.75) is 265 Å². The number of ketones is 1. The number of allylic oxidation sites excluding steroid dienone is 3. The number of thioether (sulfide) groups is 1. The predicted molar refractivity (Wildman–Crippen MR) is 486 cm³/mol. The summed E-state index contributed by atoms with van der Waals surface area (Å²) in [4.78, 5) is 130. The Balaban J connectivity index is 0.908. The number of hydrogen-bond acceptors (Lipinski definition) is 35. The summed E-state index contributed by atoms with van der Waals surface area (Å²) in [5, 5.41) is 77.7. The van der Waals surface area contributed by atoms with Gasteiger partial charge in [0.2, 0.25) is 40.8 Å². The highest BCUT2D eigenvalue weighted by molar-refractivity contribution is 14.1. The zero-order valence-corrected chi connectivity index (χ0v) is 79.7. The van der Waals surface area contributed by atoms with Gasteiger partial charge in [-0.1, -0.05) is 96.0 Å². The minimum absolute atomic E-state index is 0.00437. The maximum Gasteiger partial charge on any atom is 0.411 e. The molecule has 5 aliphatic heterocycles. The number of halogens is 1. The fourth-order valence-corrected chi connectivity index (χ4v) is 20.2. The number of rotatable bonds is 42. The molecule has 7 amide bonds. The third-order valence-corrected chi connectivity index (χ3v) is 28.5. The third-order valence-electron chi connectivity index (χ3n) is 23.0. The second-order valence-corrected chi connectivity index (χ2v) is 37.4. The summed E-state index contributed by atoms with van der Waals surface area (Å²) < 4.78 is 79.9. The Morgan fingerprint density at radius 3 is 2.15 bits per heavy atom. The second kappa shape index (κ2) is 51.2. The molecule has 0 radical (unpaired) electrons. The van der Waals surface area contributed by atoms with Crippen LogP contribution < -0.4 is 68.4 Å². The minimum atomic E-state index is -2.16. The van der Waals surface area contributed by atoms with Crippen molar-refractivity contribution in [1.82, 2.24) is 42.3 Å². The zero-order valence-electron chi connectivity index (χ0n) is 75.1. The number of primary amides is 1. The number of likely N-dealkylation sites (N-methyl/N-ethyl adjacent to an activating group) is 1. The first-order valence-corrected chi connectivity index (χ1v) is 47.5. The first-order chi connectivity index (χ1) is 62.1. The molecule has 43 heteroatoms. The number of benzene rings is 2. The molecule has 0 saturated carbocycles. The average Bonchev–Trinajstić information content (AvgIpc) is 0.748. The number of unbranched alkanes of at least 4 members (excludes halogenated alkanes) is 1. The van der Waals surface area contributed by atoms with E-state index in [0.717, 1.165) is 44.8 Å². The highest BCUT2D eigenvalue weighted by atomic mass is 127. The van der Waals surface area contributed by atoms with Crippen molar-refractivity contribution < 1.29 is 135 Å². The molecule has 17 N–H and O–H groups in total. The lowest BCUT2D eigenvalue weighted by Gasteiger charge is -2.47. The van der Waals surface area contributed by atoms with Gasteiger partial charge in [-0.2, -0.15) is 5.48 Å². The zero-order chi connectivity index (χ0) is 94.8. The number of nitrogens with zero attached hydrogens (tertiary/aromatic N) is 1. The Hall–Kier alpha value is -7.53. The Morgan fingerprint density at radius 1 is 0.792 bits per heavy atom. The standard InChI is InChI=1S/C87H124IN11O28S3/c1-14-99(41-61(103)119-42-50-25-27-51(28-26-50)94-79(107)55(23-21-34-92-85(90)111)95-81(109)67(44(2)3)96-80(108)54(93-49(8)100)22-18-20-33-89)56-43-120-62(39-60(56)114-9)125-76-71(105)68(46(5)122-84(76)124-59-24-17-15-16-19-32-87(113)40-58(102)69(97-86(112)118-13)65(59)53(87)31-37-128-130-52-29-35-91-36-30-52)98-127-63-38-57(101)78(48(7)121-63)129-82(110)64-45(4)66(88)74(77(117-12)73(64)115-10)126-83-72(106)75(116-11)70(104)47(6)123-83/h15-16,25-28,31,44,46-48,52,54-57,59-60,62-63,67-68,70-72,75-76,78,83-84,91,98,101,104-106,113H,14,18,20-23,29-30,33-43,89H2,1-13H3,(H,93,100)(H,94,107)(H,95,109)(H,96,108)(H,97,112)(H3,90,92,111)/b16-15-,53-31+/t46-,47+,48-,54+,55+,56+,57+,59+,60+,62+,63+,67+,68-,70+,71+,72-,75-,76-,78-,83+,84+,87+/m1/s1. The Bertz CT molecular complexity index is 4440. The first-order valence-electron chi connectivity index (χ1n) is 43.1. The molecule has 22 atom stereocenters. The number of carbonyl (C=O) groups excluding carboxylic acids is 9. The maximum absolute atomic E-state index is 14.7. The van der Waals surface area contributed by atoms with Crippen LogP contribution in [0.4, 0.5) is 15.3 Å². The molecule has 5 heterocycles. The number of alkyl carbamates (subject to hydrolysis) is 1. The van der Waals surface area contributed by atoms with Crippen molar-refractivity contribution >= 4 is 114 Å². The topological polar surface area (TPSA) is 536 Å². The number of hydrogen-bond donors (Lipinski definition) is 15. The van der Waals surface area contributed by atoms with Crippen LogP contribution in [0.15, 0.2) is 59.3 Å². The molecule has 2 bridgehead atoms. The number of carbonyl (C=O) groups is 9. The maximum atomic E-state index is 14.7. The quantitative estimate of drug-likeness (QED) is 0.0113. The van der Waals surface area contributed by atoms with E-state index >= 15 is 0 Å². The molecule has 9 rings (SSSR count). The smallest absolute Gasteiger partial charge is 0.411 e.